The summed E-state index contributed by atoms with van der Waals surface area (Å²) in [6, 6.07) is 0. The van der Waals surface area contributed by atoms with Crippen molar-refractivity contribution < 1.29 is 9.63 Å². The Labute approximate surface area is 83.7 Å². The minimum absolute atomic E-state index is 0.389. The lowest BCUT2D eigenvalue weighted by molar-refractivity contribution is -0.174. The molecule has 0 spiro atoms. The summed E-state index contributed by atoms with van der Waals surface area (Å²) >= 11 is 0. The molecule has 4 heteroatoms. The van der Waals surface area contributed by atoms with Crippen molar-refractivity contribution in [2.45, 2.75) is 6.92 Å². The first-order valence-corrected chi connectivity index (χ1v) is 4.31. The van der Waals surface area contributed by atoms with Crippen molar-refractivity contribution in [1.82, 2.24) is 9.96 Å². The van der Waals surface area contributed by atoms with Crippen molar-refractivity contribution in [3.05, 3.63) is 37.2 Å². The number of hydrogen-bond acceptors (Lipinski definition) is 4. The lowest BCUT2D eigenvalue weighted by Crippen LogP contribution is -2.28. The smallest absolute Gasteiger partial charge is 0.352 e. The van der Waals surface area contributed by atoms with Gasteiger partial charge in [-0.25, -0.2) is 4.79 Å². The highest BCUT2D eigenvalue weighted by Gasteiger charge is 2.15. The van der Waals surface area contributed by atoms with Crippen molar-refractivity contribution in [2.24, 2.45) is 0 Å². The Hall–Kier alpha value is -1.71. The van der Waals surface area contributed by atoms with Crippen molar-refractivity contribution in [1.29, 1.82) is 0 Å². The van der Waals surface area contributed by atoms with Gasteiger partial charge in [-0.2, -0.15) is 5.06 Å². The van der Waals surface area contributed by atoms with Crippen LogP contribution in [0.2, 0.25) is 0 Å². The molecule has 1 aliphatic heterocycles. The molecule has 1 aliphatic rings. The van der Waals surface area contributed by atoms with Crippen LogP contribution in [0.4, 0.5) is 0 Å². The summed E-state index contributed by atoms with van der Waals surface area (Å²) in [6.07, 6.45) is 5.33. The van der Waals surface area contributed by atoms with Gasteiger partial charge in [-0.15, -0.1) is 6.58 Å². The quantitative estimate of drug-likeness (QED) is 0.498. The molecule has 1 heterocycles. The van der Waals surface area contributed by atoms with Crippen LogP contribution in [0, 0.1) is 0 Å². The largest absolute Gasteiger partial charge is 0.358 e. The molecule has 14 heavy (non-hydrogen) atoms. The highest BCUT2D eigenvalue weighted by Crippen LogP contribution is 2.08. The molecule has 0 unspecified atom stereocenters. The van der Waals surface area contributed by atoms with Crippen LogP contribution in [0.1, 0.15) is 6.92 Å². The third kappa shape index (κ3) is 2.65. The molecule has 0 amide bonds. The normalized spacial score (nSPS) is 14.4. The lowest BCUT2D eigenvalue weighted by Gasteiger charge is -2.18. The van der Waals surface area contributed by atoms with Crippen LogP contribution in [0.5, 0.6) is 0 Å². The zero-order valence-corrected chi connectivity index (χ0v) is 8.27. The van der Waals surface area contributed by atoms with Gasteiger partial charge in [0.2, 0.25) is 0 Å². The average molecular weight is 194 g/mol. The van der Waals surface area contributed by atoms with Gasteiger partial charge < -0.3 is 9.74 Å². The fourth-order valence-corrected chi connectivity index (χ4v) is 0.970. The van der Waals surface area contributed by atoms with Crippen LogP contribution in [-0.4, -0.2) is 29.1 Å². The van der Waals surface area contributed by atoms with E-state index in [4.69, 9.17) is 4.84 Å². The van der Waals surface area contributed by atoms with Crippen molar-refractivity contribution in [3.63, 3.8) is 0 Å². The van der Waals surface area contributed by atoms with Crippen molar-refractivity contribution in [3.8, 4) is 0 Å². The van der Waals surface area contributed by atoms with E-state index in [2.05, 4.69) is 13.2 Å². The number of rotatable bonds is 4. The van der Waals surface area contributed by atoms with Gasteiger partial charge in [0, 0.05) is 18.3 Å². The Morgan fingerprint density at radius 1 is 1.64 bits per heavy atom. The number of hydroxylamine groups is 2. The average Bonchev–Trinajstić information content (AvgIpc) is 2.53. The summed E-state index contributed by atoms with van der Waals surface area (Å²) in [5.74, 6) is -0.407. The summed E-state index contributed by atoms with van der Waals surface area (Å²) in [4.78, 5) is 18.1. The van der Waals surface area contributed by atoms with Gasteiger partial charge in [0.25, 0.3) is 0 Å². The third-order valence-corrected chi connectivity index (χ3v) is 1.68. The van der Waals surface area contributed by atoms with E-state index in [1.165, 1.54) is 5.06 Å². The van der Waals surface area contributed by atoms with Crippen LogP contribution in [0.25, 0.3) is 0 Å². The summed E-state index contributed by atoms with van der Waals surface area (Å²) in [5, 5.41) is 1.46. The Morgan fingerprint density at radius 3 is 2.93 bits per heavy atom. The minimum atomic E-state index is -0.407. The molecule has 4 nitrogen and oxygen atoms in total. The van der Waals surface area contributed by atoms with Crippen molar-refractivity contribution >= 4 is 5.97 Å². The summed E-state index contributed by atoms with van der Waals surface area (Å²) in [5.41, 5.74) is 0.389. The van der Waals surface area contributed by atoms with E-state index in [9.17, 15) is 4.79 Å². The maximum Gasteiger partial charge on any atom is 0.358 e. The van der Waals surface area contributed by atoms with Gasteiger partial charge in [0.15, 0.2) is 0 Å². The van der Waals surface area contributed by atoms with Gasteiger partial charge in [-0.05, 0) is 6.92 Å². The van der Waals surface area contributed by atoms with Crippen LogP contribution >= 0.6 is 0 Å². The van der Waals surface area contributed by atoms with E-state index in [0.29, 0.717) is 12.2 Å². The molecule has 0 aromatic carbocycles. The molecule has 0 aromatic rings. The molecular formula is C10H14N2O2. The molecule has 0 radical (unpaired) electrons. The van der Waals surface area contributed by atoms with E-state index in [-0.39, 0.29) is 0 Å². The second-order valence-electron chi connectivity index (χ2n) is 3.08. The standard InChI is InChI=1S/C10H14N2O2/c1-4-5-11-6-7-12(8-11)14-10(13)9(2)3/h4,6-7H,1-2,5,8H2,3H3. The van der Waals surface area contributed by atoms with Gasteiger partial charge in [-0.1, -0.05) is 12.7 Å². The molecule has 0 saturated heterocycles. The van der Waals surface area contributed by atoms with E-state index in [1.807, 2.05) is 11.1 Å². The Bertz CT molecular complexity index is 284. The molecule has 0 bridgehead atoms. The van der Waals surface area contributed by atoms with E-state index in [0.717, 1.165) is 6.54 Å². The molecule has 0 aliphatic carbocycles. The Kier molecular flexibility index (Phi) is 3.34. The van der Waals surface area contributed by atoms with Crippen LogP contribution in [0.15, 0.2) is 37.2 Å². The predicted octanol–water partition coefficient (Wildman–Crippen LogP) is 1.25. The highest BCUT2D eigenvalue weighted by atomic mass is 16.7. The molecule has 76 valence electrons. The van der Waals surface area contributed by atoms with Gasteiger partial charge >= 0.3 is 5.97 Å². The molecule has 0 aromatic heterocycles. The fourth-order valence-electron chi connectivity index (χ4n) is 0.970. The second kappa shape index (κ2) is 4.50. The molecule has 0 fully saturated rings. The second-order valence-corrected chi connectivity index (χ2v) is 3.08. The molecule has 0 N–H and O–H groups in total. The van der Waals surface area contributed by atoms with Crippen LogP contribution < -0.4 is 0 Å². The zero-order valence-electron chi connectivity index (χ0n) is 8.27. The minimum Gasteiger partial charge on any atom is -0.352 e. The van der Waals surface area contributed by atoms with Gasteiger partial charge in [-0.3, -0.25) is 0 Å². The zero-order chi connectivity index (χ0) is 10.6. The topological polar surface area (TPSA) is 32.8 Å². The number of carbonyl (C=O) groups excluding carboxylic acids is 1. The number of nitrogens with zero attached hydrogens (tertiary/aromatic N) is 2. The van der Waals surface area contributed by atoms with Crippen LogP contribution in [0.3, 0.4) is 0 Å². The number of carbonyl (C=O) groups is 1. The maximum absolute atomic E-state index is 11.1. The Balaban J connectivity index is 2.37. The van der Waals surface area contributed by atoms with Gasteiger partial charge in [0.1, 0.15) is 6.67 Å². The van der Waals surface area contributed by atoms with Gasteiger partial charge in [0.05, 0.1) is 6.20 Å². The Morgan fingerprint density at radius 2 is 2.36 bits per heavy atom. The monoisotopic (exact) mass is 194 g/mol. The summed E-state index contributed by atoms with van der Waals surface area (Å²) in [6.45, 7) is 10.0. The summed E-state index contributed by atoms with van der Waals surface area (Å²) < 4.78 is 0. The SMILES string of the molecule is C=CCN1C=CN(OC(=O)C(=C)C)C1. The first-order valence-electron chi connectivity index (χ1n) is 4.31. The van der Waals surface area contributed by atoms with Crippen molar-refractivity contribution in [2.75, 3.05) is 13.2 Å². The first-order chi connectivity index (χ1) is 6.63. The van der Waals surface area contributed by atoms with E-state index >= 15 is 0 Å². The van der Waals surface area contributed by atoms with E-state index in [1.54, 1.807) is 19.2 Å². The molecule has 1 rings (SSSR count). The molecule has 0 saturated carbocycles. The number of hydrogen-bond donors (Lipinski definition) is 0. The highest BCUT2D eigenvalue weighted by molar-refractivity contribution is 5.86. The molecule has 0 atom stereocenters. The fraction of sp³-hybridized carbons (Fsp3) is 0.300. The maximum atomic E-state index is 11.1. The summed E-state index contributed by atoms with van der Waals surface area (Å²) in [7, 11) is 0. The lowest BCUT2D eigenvalue weighted by atomic mass is 10.4. The first kappa shape index (κ1) is 10.4. The van der Waals surface area contributed by atoms with E-state index < -0.39 is 5.97 Å². The van der Waals surface area contributed by atoms with Crippen LogP contribution in [-0.2, 0) is 9.63 Å². The predicted molar refractivity (Wildman–Crippen MR) is 53.7 cm³/mol. The molecular weight excluding hydrogens is 180 g/mol. The third-order valence-electron chi connectivity index (χ3n) is 1.68.